The highest BCUT2D eigenvalue weighted by Gasteiger charge is 2.38. The Balaban J connectivity index is 2.03. The molecule has 1 aromatic carbocycles. The molecule has 0 saturated heterocycles. The molecule has 4 nitrogen and oxygen atoms in total. The summed E-state index contributed by atoms with van der Waals surface area (Å²) < 4.78 is 1.73. The third-order valence-electron chi connectivity index (χ3n) is 5.79. The van der Waals surface area contributed by atoms with Gasteiger partial charge in [-0.15, -0.1) is 6.58 Å². The lowest BCUT2D eigenvalue weighted by Gasteiger charge is -2.35. The van der Waals surface area contributed by atoms with Gasteiger partial charge in [-0.05, 0) is 29.9 Å². The number of amides is 1. The monoisotopic (exact) mass is 352 g/mol. The van der Waals surface area contributed by atoms with Crippen molar-refractivity contribution in [1.82, 2.24) is 9.88 Å². The van der Waals surface area contributed by atoms with Crippen molar-refractivity contribution in [2.75, 3.05) is 7.05 Å². The van der Waals surface area contributed by atoms with E-state index in [0.717, 1.165) is 30.2 Å². The Morgan fingerprint density at radius 3 is 2.65 bits per heavy atom. The van der Waals surface area contributed by atoms with E-state index in [1.54, 1.807) is 23.8 Å². The van der Waals surface area contributed by atoms with Gasteiger partial charge in [-0.1, -0.05) is 56.4 Å². The summed E-state index contributed by atoms with van der Waals surface area (Å²) >= 11 is 0. The number of nitrogens with zero attached hydrogens (tertiary/aromatic N) is 1. The molecule has 1 aliphatic rings. The van der Waals surface area contributed by atoms with Crippen molar-refractivity contribution in [2.45, 2.75) is 45.1 Å². The zero-order valence-electron chi connectivity index (χ0n) is 15.5. The van der Waals surface area contributed by atoms with Gasteiger partial charge in [0.15, 0.2) is 0 Å². The van der Waals surface area contributed by atoms with E-state index >= 15 is 0 Å². The quantitative estimate of drug-likeness (QED) is 0.802. The van der Waals surface area contributed by atoms with Crippen molar-refractivity contribution in [3.63, 3.8) is 0 Å². The largest absolute Gasteiger partial charge is 0.358 e. The number of nitrogens with one attached hydrogen (secondary N) is 1. The molecule has 0 aliphatic heterocycles. The molecule has 0 bridgehead atoms. The van der Waals surface area contributed by atoms with Crippen LogP contribution in [0.1, 0.15) is 38.5 Å². The Morgan fingerprint density at radius 1 is 1.23 bits per heavy atom. The van der Waals surface area contributed by atoms with Gasteiger partial charge < -0.3 is 9.88 Å². The minimum Gasteiger partial charge on any atom is -0.358 e. The van der Waals surface area contributed by atoms with Crippen LogP contribution in [-0.4, -0.2) is 17.5 Å². The summed E-state index contributed by atoms with van der Waals surface area (Å²) in [5.41, 5.74) is 0.00582. The molecule has 1 aliphatic carbocycles. The van der Waals surface area contributed by atoms with E-state index in [0.29, 0.717) is 12.5 Å². The van der Waals surface area contributed by atoms with E-state index in [1.165, 1.54) is 19.3 Å². The van der Waals surface area contributed by atoms with Crippen molar-refractivity contribution in [1.29, 1.82) is 0 Å². The van der Waals surface area contributed by atoms with E-state index in [9.17, 15) is 9.59 Å². The average Bonchev–Trinajstić information content (AvgIpc) is 2.69. The summed E-state index contributed by atoms with van der Waals surface area (Å²) in [6.07, 6.45) is 8.52. The van der Waals surface area contributed by atoms with E-state index in [1.807, 2.05) is 30.3 Å². The molecule has 2 aromatic rings. The van der Waals surface area contributed by atoms with Gasteiger partial charge in [0, 0.05) is 19.7 Å². The topological polar surface area (TPSA) is 51.1 Å². The smallest absolute Gasteiger partial charge is 0.251 e. The molecular formula is C22H28N2O2. The summed E-state index contributed by atoms with van der Waals surface area (Å²) in [7, 11) is 1.66. The molecule has 1 atom stereocenters. The Bertz CT molecular complexity index is 849. The fourth-order valence-corrected chi connectivity index (χ4v) is 4.31. The van der Waals surface area contributed by atoms with Crippen LogP contribution in [-0.2, 0) is 11.3 Å². The number of carbonyl (C=O) groups is 1. The van der Waals surface area contributed by atoms with Crippen LogP contribution in [0.25, 0.3) is 10.9 Å². The third-order valence-corrected chi connectivity index (χ3v) is 5.79. The second kappa shape index (κ2) is 7.90. The molecule has 3 rings (SSSR count). The van der Waals surface area contributed by atoms with Crippen LogP contribution in [0, 0.1) is 11.3 Å². The predicted octanol–water partition coefficient (Wildman–Crippen LogP) is 3.89. The summed E-state index contributed by atoms with van der Waals surface area (Å²) in [5, 5.41) is 3.81. The molecule has 1 heterocycles. The molecule has 1 aromatic heterocycles. The summed E-state index contributed by atoms with van der Waals surface area (Å²) in [4.78, 5) is 25.5. The van der Waals surface area contributed by atoms with Crippen molar-refractivity contribution >= 4 is 16.8 Å². The molecular weight excluding hydrogens is 324 g/mol. The Morgan fingerprint density at radius 2 is 1.96 bits per heavy atom. The number of rotatable bonds is 6. The van der Waals surface area contributed by atoms with Crippen molar-refractivity contribution < 1.29 is 4.79 Å². The Kier molecular flexibility index (Phi) is 5.60. The number of pyridine rings is 1. The second-order valence-corrected chi connectivity index (χ2v) is 7.46. The standard InChI is InChI=1S/C22H28N2O2/c1-3-22(21(26)23-2,15-17-9-5-4-6-10-17)16-24-19-12-8-7-11-18(19)13-14-20(24)25/h3,7-8,11-14,17H,1,4-6,9-10,15-16H2,2H3,(H,23,26). The number of para-hydroxylation sites is 1. The lowest BCUT2D eigenvalue weighted by atomic mass is 9.73. The van der Waals surface area contributed by atoms with Gasteiger partial charge in [0.05, 0.1) is 10.9 Å². The molecule has 26 heavy (non-hydrogen) atoms. The Hall–Kier alpha value is -2.36. The van der Waals surface area contributed by atoms with E-state index in [-0.39, 0.29) is 11.5 Å². The summed E-state index contributed by atoms with van der Waals surface area (Å²) in [5.74, 6) is 0.447. The third kappa shape index (κ3) is 3.59. The SMILES string of the molecule is C=CC(CC1CCCCC1)(Cn1c(=O)ccc2ccccc21)C(=O)NC. The molecule has 0 spiro atoms. The maximum atomic E-state index is 12.9. The molecule has 1 amide bonds. The highest BCUT2D eigenvalue weighted by Crippen LogP contribution is 2.37. The number of hydrogen-bond acceptors (Lipinski definition) is 2. The van der Waals surface area contributed by atoms with E-state index in [2.05, 4.69) is 11.9 Å². The first kappa shape index (κ1) is 18.4. The fourth-order valence-electron chi connectivity index (χ4n) is 4.31. The van der Waals surface area contributed by atoms with Gasteiger partial charge in [-0.2, -0.15) is 0 Å². The van der Waals surface area contributed by atoms with E-state index < -0.39 is 5.41 Å². The first-order valence-electron chi connectivity index (χ1n) is 9.54. The lowest BCUT2D eigenvalue weighted by Crippen LogP contribution is -2.44. The zero-order valence-corrected chi connectivity index (χ0v) is 15.5. The van der Waals surface area contributed by atoms with Gasteiger partial charge in [-0.25, -0.2) is 0 Å². The number of carbonyl (C=O) groups excluding carboxylic acids is 1. The van der Waals surface area contributed by atoms with E-state index in [4.69, 9.17) is 0 Å². The maximum Gasteiger partial charge on any atom is 0.251 e. The number of aromatic nitrogens is 1. The Labute approximate surface area is 154 Å². The molecule has 4 heteroatoms. The van der Waals surface area contributed by atoms with Crippen LogP contribution in [0.2, 0.25) is 0 Å². The number of fused-ring (bicyclic) bond motifs is 1. The molecule has 1 unspecified atom stereocenters. The molecule has 138 valence electrons. The van der Waals surface area contributed by atoms with Crippen LogP contribution < -0.4 is 10.9 Å². The zero-order chi connectivity index (χ0) is 18.6. The van der Waals surface area contributed by atoms with Crippen molar-refractivity contribution in [3.8, 4) is 0 Å². The highest BCUT2D eigenvalue weighted by atomic mass is 16.2. The van der Waals surface area contributed by atoms with Gasteiger partial charge in [-0.3, -0.25) is 9.59 Å². The summed E-state index contributed by atoms with van der Waals surface area (Å²) in [6, 6.07) is 11.2. The first-order chi connectivity index (χ1) is 12.6. The second-order valence-electron chi connectivity index (χ2n) is 7.46. The molecule has 1 N–H and O–H groups in total. The van der Waals surface area contributed by atoms with Crippen molar-refractivity contribution in [2.24, 2.45) is 11.3 Å². The predicted molar refractivity (Wildman–Crippen MR) is 106 cm³/mol. The molecule has 0 radical (unpaired) electrons. The van der Waals surface area contributed by atoms with Crippen LogP contribution in [0.5, 0.6) is 0 Å². The van der Waals surface area contributed by atoms with Gasteiger partial charge in [0.25, 0.3) is 5.56 Å². The van der Waals surface area contributed by atoms with Gasteiger partial charge in [0.1, 0.15) is 0 Å². The van der Waals surface area contributed by atoms with Crippen LogP contribution in [0.15, 0.2) is 53.8 Å². The first-order valence-corrected chi connectivity index (χ1v) is 9.54. The van der Waals surface area contributed by atoms with Gasteiger partial charge in [0.2, 0.25) is 5.91 Å². The van der Waals surface area contributed by atoms with Crippen LogP contribution in [0.4, 0.5) is 0 Å². The molecule has 1 fully saturated rings. The fraction of sp³-hybridized carbons (Fsp3) is 0.455. The van der Waals surface area contributed by atoms with Crippen LogP contribution in [0.3, 0.4) is 0 Å². The summed E-state index contributed by atoms with van der Waals surface area (Å²) in [6.45, 7) is 4.32. The van der Waals surface area contributed by atoms with Gasteiger partial charge >= 0.3 is 0 Å². The average molecular weight is 352 g/mol. The minimum absolute atomic E-state index is 0.0575. The number of benzene rings is 1. The number of hydrogen-bond donors (Lipinski definition) is 1. The van der Waals surface area contributed by atoms with Crippen molar-refractivity contribution in [3.05, 3.63) is 59.4 Å². The van der Waals surface area contributed by atoms with Crippen LogP contribution >= 0.6 is 0 Å². The maximum absolute atomic E-state index is 12.9. The normalized spacial score (nSPS) is 17.6. The minimum atomic E-state index is -0.773. The highest BCUT2D eigenvalue weighted by molar-refractivity contribution is 5.85. The molecule has 1 saturated carbocycles. The lowest BCUT2D eigenvalue weighted by molar-refractivity contribution is -0.129.